The minimum Gasteiger partial charge on any atom is -0.330 e. The number of aromatic nitrogens is 3. The van der Waals surface area contributed by atoms with Crippen LogP contribution in [0.25, 0.3) is 11.0 Å². The number of fused-ring (bicyclic) bond motifs is 1. The molecule has 0 bridgehead atoms. The van der Waals surface area contributed by atoms with Crippen LogP contribution in [-0.4, -0.2) is 14.5 Å². The Kier molecular flexibility index (Phi) is 3.30. The van der Waals surface area contributed by atoms with E-state index in [0.29, 0.717) is 14.8 Å². The van der Waals surface area contributed by atoms with Crippen molar-refractivity contribution in [3.63, 3.8) is 0 Å². The summed E-state index contributed by atoms with van der Waals surface area (Å²) in [6.07, 6.45) is 1.77. The number of aromatic amines is 1. The molecule has 2 heterocycles. The molecule has 0 saturated heterocycles. The van der Waals surface area contributed by atoms with Gasteiger partial charge in [-0.15, -0.1) is 11.3 Å². The average molecular weight is 372 g/mol. The predicted octanol–water partition coefficient (Wildman–Crippen LogP) is 4.84. The highest BCUT2D eigenvalue weighted by atomic mass is 79.9. The number of rotatable bonds is 2. The van der Waals surface area contributed by atoms with Crippen LogP contribution >= 0.6 is 39.5 Å². The Labute approximate surface area is 132 Å². The maximum absolute atomic E-state index is 13.6. The summed E-state index contributed by atoms with van der Waals surface area (Å²) in [5, 5.41) is 2.89. The van der Waals surface area contributed by atoms with Crippen LogP contribution < -0.4 is 0 Å². The van der Waals surface area contributed by atoms with Crippen molar-refractivity contribution < 1.29 is 4.39 Å². The summed E-state index contributed by atoms with van der Waals surface area (Å²) in [5.74, 6) is -0.312. The van der Waals surface area contributed by atoms with E-state index in [-0.39, 0.29) is 5.82 Å². The molecule has 0 aliphatic rings. The SMILES string of the molecule is CC(C)(c1nccs1)n1c(=S)[nH]c2cc(F)c(Br)cc21. The Morgan fingerprint density at radius 3 is 2.85 bits per heavy atom. The highest BCUT2D eigenvalue weighted by molar-refractivity contribution is 9.10. The van der Waals surface area contributed by atoms with Crippen LogP contribution in [0.4, 0.5) is 4.39 Å². The van der Waals surface area contributed by atoms with Crippen molar-refractivity contribution in [2.45, 2.75) is 19.4 Å². The molecule has 0 spiro atoms. The van der Waals surface area contributed by atoms with Crippen LogP contribution in [0.3, 0.4) is 0 Å². The lowest BCUT2D eigenvalue weighted by molar-refractivity contribution is 0.441. The Hall–Kier alpha value is -1.05. The molecule has 0 aliphatic carbocycles. The first-order chi connectivity index (χ1) is 9.41. The molecule has 0 amide bonds. The van der Waals surface area contributed by atoms with Crippen LogP contribution in [0.1, 0.15) is 18.9 Å². The lowest BCUT2D eigenvalue weighted by Crippen LogP contribution is -2.27. The second-order valence-electron chi connectivity index (χ2n) is 4.95. The fraction of sp³-hybridized carbons (Fsp3) is 0.231. The Morgan fingerprint density at radius 1 is 1.45 bits per heavy atom. The third-order valence-corrected chi connectivity index (χ3v) is 5.22. The number of hydrogen-bond donors (Lipinski definition) is 1. The second-order valence-corrected chi connectivity index (χ2v) is 7.08. The fourth-order valence-electron chi connectivity index (χ4n) is 2.28. The van der Waals surface area contributed by atoms with Gasteiger partial charge in [-0.05, 0) is 48.1 Å². The van der Waals surface area contributed by atoms with Crippen molar-refractivity contribution in [1.29, 1.82) is 0 Å². The van der Waals surface area contributed by atoms with Crippen molar-refractivity contribution in [1.82, 2.24) is 14.5 Å². The Morgan fingerprint density at radius 2 is 2.20 bits per heavy atom. The molecule has 20 heavy (non-hydrogen) atoms. The van der Waals surface area contributed by atoms with Gasteiger partial charge in [0, 0.05) is 17.6 Å². The van der Waals surface area contributed by atoms with Crippen LogP contribution in [0, 0.1) is 10.6 Å². The van der Waals surface area contributed by atoms with Crippen LogP contribution in [0.5, 0.6) is 0 Å². The molecule has 7 heteroatoms. The first-order valence-corrected chi connectivity index (χ1v) is 7.99. The maximum Gasteiger partial charge on any atom is 0.178 e. The fourth-order valence-corrected chi connectivity index (χ4v) is 3.80. The van der Waals surface area contributed by atoms with E-state index in [1.807, 2.05) is 23.8 Å². The number of benzene rings is 1. The monoisotopic (exact) mass is 371 g/mol. The van der Waals surface area contributed by atoms with Gasteiger partial charge in [0.05, 0.1) is 21.0 Å². The summed E-state index contributed by atoms with van der Waals surface area (Å²) >= 11 is 10.2. The zero-order valence-corrected chi connectivity index (χ0v) is 14.0. The molecule has 0 unspecified atom stereocenters. The largest absolute Gasteiger partial charge is 0.330 e. The molecule has 0 atom stereocenters. The highest BCUT2D eigenvalue weighted by Crippen LogP contribution is 2.33. The molecule has 0 radical (unpaired) electrons. The molecule has 3 nitrogen and oxygen atoms in total. The Balaban J connectivity index is 2.34. The molecule has 104 valence electrons. The van der Waals surface area contributed by atoms with Gasteiger partial charge in [0.25, 0.3) is 0 Å². The van der Waals surface area contributed by atoms with Crippen molar-refractivity contribution in [3.8, 4) is 0 Å². The third kappa shape index (κ3) is 2.04. The van der Waals surface area contributed by atoms with Gasteiger partial charge in [-0.25, -0.2) is 9.37 Å². The first-order valence-electron chi connectivity index (χ1n) is 5.91. The van der Waals surface area contributed by atoms with Gasteiger partial charge in [-0.2, -0.15) is 0 Å². The average Bonchev–Trinajstić information content (AvgIpc) is 2.97. The second kappa shape index (κ2) is 4.75. The highest BCUT2D eigenvalue weighted by Gasteiger charge is 2.28. The van der Waals surface area contributed by atoms with Gasteiger partial charge >= 0.3 is 0 Å². The summed E-state index contributed by atoms with van der Waals surface area (Å²) in [5.41, 5.74) is 1.13. The maximum atomic E-state index is 13.6. The van der Waals surface area contributed by atoms with E-state index < -0.39 is 5.54 Å². The van der Waals surface area contributed by atoms with Gasteiger partial charge in [0.1, 0.15) is 10.8 Å². The number of nitrogens with one attached hydrogen (secondary N) is 1. The molecule has 2 aromatic heterocycles. The molecule has 1 N–H and O–H groups in total. The number of imidazole rings is 1. The van der Waals surface area contributed by atoms with Crippen LogP contribution in [0.2, 0.25) is 0 Å². The molecular formula is C13H11BrFN3S2. The normalized spacial score (nSPS) is 12.2. The van der Waals surface area contributed by atoms with E-state index in [1.54, 1.807) is 23.6 Å². The van der Waals surface area contributed by atoms with Crippen molar-refractivity contribution >= 4 is 50.5 Å². The van der Waals surface area contributed by atoms with Gasteiger partial charge in [-0.3, -0.25) is 0 Å². The topological polar surface area (TPSA) is 33.6 Å². The molecule has 0 fully saturated rings. The lowest BCUT2D eigenvalue weighted by atomic mass is 10.1. The van der Waals surface area contributed by atoms with E-state index in [0.717, 1.165) is 10.5 Å². The zero-order chi connectivity index (χ0) is 14.5. The standard InChI is InChI=1S/C13H11BrFN3S2/c1-13(2,11-16-3-4-20-11)18-10-5-7(14)8(15)6-9(10)17-12(18)19/h3-6H,1-2H3,(H,17,19). The zero-order valence-electron chi connectivity index (χ0n) is 10.8. The van der Waals surface area contributed by atoms with Crippen molar-refractivity contribution in [2.24, 2.45) is 0 Å². The van der Waals surface area contributed by atoms with E-state index in [1.165, 1.54) is 6.07 Å². The summed E-state index contributed by atoms with van der Waals surface area (Å²) < 4.78 is 16.6. The van der Waals surface area contributed by atoms with E-state index in [9.17, 15) is 4.39 Å². The minimum atomic E-state index is -0.402. The van der Waals surface area contributed by atoms with Gasteiger partial charge < -0.3 is 9.55 Å². The summed E-state index contributed by atoms with van der Waals surface area (Å²) in [4.78, 5) is 7.44. The van der Waals surface area contributed by atoms with Crippen molar-refractivity contribution in [3.05, 3.63) is 43.8 Å². The summed E-state index contributed by atoms with van der Waals surface area (Å²) in [6, 6.07) is 3.19. The Bertz CT molecular complexity index is 833. The lowest BCUT2D eigenvalue weighted by Gasteiger charge is -2.25. The van der Waals surface area contributed by atoms with Crippen LogP contribution in [0.15, 0.2) is 28.2 Å². The summed E-state index contributed by atoms with van der Waals surface area (Å²) in [7, 11) is 0. The van der Waals surface area contributed by atoms with Crippen LogP contribution in [-0.2, 0) is 5.54 Å². The molecule has 0 aliphatic heterocycles. The van der Waals surface area contributed by atoms with E-state index in [4.69, 9.17) is 12.2 Å². The number of halogens is 2. The molecule has 3 rings (SSSR count). The quantitative estimate of drug-likeness (QED) is 0.653. The summed E-state index contributed by atoms with van der Waals surface area (Å²) in [6.45, 7) is 4.10. The smallest absolute Gasteiger partial charge is 0.178 e. The molecule has 0 saturated carbocycles. The third-order valence-electron chi connectivity index (χ3n) is 3.24. The van der Waals surface area contributed by atoms with E-state index >= 15 is 0 Å². The van der Waals surface area contributed by atoms with Crippen molar-refractivity contribution in [2.75, 3.05) is 0 Å². The molecule has 3 aromatic rings. The predicted molar refractivity (Wildman–Crippen MR) is 85.3 cm³/mol. The number of thiazole rings is 1. The molecule has 1 aromatic carbocycles. The number of hydrogen-bond acceptors (Lipinski definition) is 3. The number of nitrogens with zero attached hydrogens (tertiary/aromatic N) is 2. The van der Waals surface area contributed by atoms with E-state index in [2.05, 4.69) is 25.9 Å². The minimum absolute atomic E-state index is 0.312. The van der Waals surface area contributed by atoms with Gasteiger partial charge in [0.2, 0.25) is 0 Å². The van der Waals surface area contributed by atoms with Gasteiger partial charge in [-0.1, -0.05) is 0 Å². The molecular weight excluding hydrogens is 361 g/mol. The van der Waals surface area contributed by atoms with Gasteiger partial charge in [0.15, 0.2) is 4.77 Å². The number of H-pyrrole nitrogens is 1. The first kappa shape index (κ1) is 13.9.